The summed E-state index contributed by atoms with van der Waals surface area (Å²) in [6.45, 7) is 1.69. The quantitative estimate of drug-likeness (QED) is 0.640. The molecule has 2 aliphatic rings. The number of carbonyl (C=O) groups excluding carboxylic acids is 3. The zero-order valence-corrected chi connectivity index (χ0v) is 18.6. The summed E-state index contributed by atoms with van der Waals surface area (Å²) in [5.41, 5.74) is 1.33. The third-order valence-corrected chi connectivity index (χ3v) is 6.96. The maximum absolute atomic E-state index is 12.8. The molecule has 2 aromatic rings. The average molecular weight is 461 g/mol. The number of nitrogens with zero attached hydrogens (tertiary/aromatic N) is 1. The molecule has 0 spiro atoms. The number of anilines is 1. The molecule has 3 N–H and O–H groups in total. The van der Waals surface area contributed by atoms with Crippen LogP contribution in [-0.4, -0.2) is 49.4 Å². The number of halogens is 1. The number of carbonyl (C=O) groups is 3. The number of thiophene rings is 1. The molecule has 1 saturated carbocycles. The summed E-state index contributed by atoms with van der Waals surface area (Å²) < 4.78 is 0.574. The molecule has 2 unspecified atom stereocenters. The second-order valence-corrected chi connectivity index (χ2v) is 9.53. The van der Waals surface area contributed by atoms with Crippen LogP contribution in [0.15, 0.2) is 36.4 Å². The number of piperazine rings is 1. The molecule has 3 amide bonds. The maximum atomic E-state index is 12.8. The molecule has 0 radical (unpaired) electrons. The van der Waals surface area contributed by atoms with Crippen molar-refractivity contribution in [1.29, 1.82) is 0 Å². The normalized spacial score (nSPS) is 21.6. The Labute approximate surface area is 190 Å². The van der Waals surface area contributed by atoms with Gasteiger partial charge < -0.3 is 20.9 Å². The summed E-state index contributed by atoms with van der Waals surface area (Å²) >= 11 is 7.18. The third kappa shape index (κ3) is 5.26. The molecule has 31 heavy (non-hydrogen) atoms. The van der Waals surface area contributed by atoms with Crippen LogP contribution in [-0.2, 0) is 4.79 Å². The van der Waals surface area contributed by atoms with Crippen LogP contribution in [0.25, 0.3) is 0 Å². The fourth-order valence-electron chi connectivity index (χ4n) is 4.08. The van der Waals surface area contributed by atoms with E-state index in [9.17, 15) is 14.4 Å². The van der Waals surface area contributed by atoms with Crippen molar-refractivity contribution in [3.63, 3.8) is 0 Å². The van der Waals surface area contributed by atoms with Gasteiger partial charge in [0.25, 0.3) is 11.8 Å². The third-order valence-electron chi connectivity index (χ3n) is 5.73. The predicted octanol–water partition coefficient (Wildman–Crippen LogP) is 2.81. The first-order valence-electron chi connectivity index (χ1n) is 10.5. The fraction of sp³-hybridized carbons (Fsp3) is 0.409. The average Bonchev–Trinajstić information content (AvgIpc) is 3.22. The van der Waals surface area contributed by atoms with Crippen molar-refractivity contribution in [3.8, 4) is 0 Å². The summed E-state index contributed by atoms with van der Waals surface area (Å²) in [6.07, 6.45) is 3.65. The van der Waals surface area contributed by atoms with Crippen molar-refractivity contribution in [1.82, 2.24) is 16.0 Å². The van der Waals surface area contributed by atoms with Crippen LogP contribution in [0, 0.1) is 0 Å². The largest absolute Gasteiger partial charge is 0.347 e. The molecule has 164 valence electrons. The Balaban J connectivity index is 1.39. The van der Waals surface area contributed by atoms with E-state index in [1.54, 1.807) is 41.3 Å². The van der Waals surface area contributed by atoms with E-state index >= 15 is 0 Å². The van der Waals surface area contributed by atoms with Crippen LogP contribution in [0.3, 0.4) is 0 Å². The van der Waals surface area contributed by atoms with Gasteiger partial charge in [-0.25, -0.2) is 0 Å². The van der Waals surface area contributed by atoms with Crippen molar-refractivity contribution in [2.45, 2.75) is 37.8 Å². The first-order chi connectivity index (χ1) is 15.0. The van der Waals surface area contributed by atoms with Crippen LogP contribution < -0.4 is 20.9 Å². The molecule has 0 bridgehead atoms. The van der Waals surface area contributed by atoms with Gasteiger partial charge in [0.2, 0.25) is 5.91 Å². The summed E-state index contributed by atoms with van der Waals surface area (Å²) in [4.78, 5) is 39.7. The van der Waals surface area contributed by atoms with Gasteiger partial charge in [-0.3, -0.25) is 14.4 Å². The molecule has 1 aliphatic carbocycles. The van der Waals surface area contributed by atoms with Gasteiger partial charge in [-0.05, 0) is 49.2 Å². The van der Waals surface area contributed by atoms with E-state index in [4.69, 9.17) is 11.6 Å². The van der Waals surface area contributed by atoms with Crippen LogP contribution in [0.2, 0.25) is 4.34 Å². The van der Waals surface area contributed by atoms with E-state index in [2.05, 4.69) is 16.0 Å². The Hall–Kier alpha value is -2.42. The predicted molar refractivity (Wildman–Crippen MR) is 122 cm³/mol. The lowest BCUT2D eigenvalue weighted by molar-refractivity contribution is -0.118. The molecular formula is C22H25ClN4O3S. The van der Waals surface area contributed by atoms with E-state index in [1.165, 1.54) is 11.3 Å². The second kappa shape index (κ2) is 9.80. The fourth-order valence-corrected chi connectivity index (χ4v) is 5.02. The van der Waals surface area contributed by atoms with Crippen LogP contribution in [0.4, 0.5) is 5.69 Å². The number of nitrogens with one attached hydrogen (secondary N) is 3. The van der Waals surface area contributed by atoms with Gasteiger partial charge >= 0.3 is 0 Å². The SMILES string of the molecule is O=C(NC1CCCCC1NC(=O)c1ccc(Cl)s1)c1ccc(N2CCNCC2=O)cc1. The molecule has 9 heteroatoms. The Morgan fingerprint density at radius 3 is 2.29 bits per heavy atom. The zero-order valence-electron chi connectivity index (χ0n) is 17.0. The highest BCUT2D eigenvalue weighted by atomic mass is 35.5. The summed E-state index contributed by atoms with van der Waals surface area (Å²) in [7, 11) is 0. The highest BCUT2D eigenvalue weighted by molar-refractivity contribution is 7.18. The van der Waals surface area contributed by atoms with Gasteiger partial charge in [-0.15, -0.1) is 11.3 Å². The van der Waals surface area contributed by atoms with E-state index < -0.39 is 0 Å². The van der Waals surface area contributed by atoms with Crippen molar-refractivity contribution in [2.24, 2.45) is 0 Å². The first kappa shape index (κ1) is 21.8. The molecule has 2 heterocycles. The van der Waals surface area contributed by atoms with E-state index in [0.717, 1.165) is 37.9 Å². The summed E-state index contributed by atoms with van der Waals surface area (Å²) in [6, 6.07) is 10.3. The van der Waals surface area contributed by atoms with Crippen LogP contribution in [0.5, 0.6) is 0 Å². The molecule has 1 saturated heterocycles. The second-order valence-electron chi connectivity index (χ2n) is 7.82. The van der Waals surface area contributed by atoms with Gasteiger partial charge in [0.1, 0.15) is 0 Å². The summed E-state index contributed by atoms with van der Waals surface area (Å²) in [5, 5.41) is 9.20. The molecule has 1 aromatic carbocycles. The lowest BCUT2D eigenvalue weighted by Gasteiger charge is -2.32. The Morgan fingerprint density at radius 1 is 1.00 bits per heavy atom. The van der Waals surface area contributed by atoms with Crippen molar-refractivity contribution in [3.05, 3.63) is 51.2 Å². The van der Waals surface area contributed by atoms with Crippen molar-refractivity contribution < 1.29 is 14.4 Å². The molecule has 4 rings (SSSR count). The topological polar surface area (TPSA) is 90.5 Å². The lowest BCUT2D eigenvalue weighted by Crippen LogP contribution is -2.53. The number of hydrogen-bond donors (Lipinski definition) is 3. The Kier molecular flexibility index (Phi) is 6.89. The highest BCUT2D eigenvalue weighted by Gasteiger charge is 2.29. The maximum Gasteiger partial charge on any atom is 0.261 e. The number of rotatable bonds is 5. The van der Waals surface area contributed by atoms with Crippen molar-refractivity contribution >= 4 is 46.3 Å². The van der Waals surface area contributed by atoms with Crippen LogP contribution in [0.1, 0.15) is 45.7 Å². The van der Waals surface area contributed by atoms with E-state index in [0.29, 0.717) is 27.9 Å². The monoisotopic (exact) mass is 460 g/mol. The molecule has 2 fully saturated rings. The molecular weight excluding hydrogens is 436 g/mol. The smallest absolute Gasteiger partial charge is 0.261 e. The Bertz CT molecular complexity index is 962. The van der Waals surface area contributed by atoms with E-state index in [1.807, 2.05) is 0 Å². The Morgan fingerprint density at radius 2 is 1.68 bits per heavy atom. The van der Waals surface area contributed by atoms with Crippen LogP contribution >= 0.6 is 22.9 Å². The molecule has 1 aliphatic heterocycles. The first-order valence-corrected chi connectivity index (χ1v) is 11.7. The molecule has 1 aromatic heterocycles. The lowest BCUT2D eigenvalue weighted by atomic mass is 9.90. The van der Waals surface area contributed by atoms with E-state index in [-0.39, 0.29) is 29.8 Å². The molecule has 2 atom stereocenters. The van der Waals surface area contributed by atoms with Gasteiger partial charge in [-0.2, -0.15) is 0 Å². The minimum atomic E-state index is -0.177. The standard InChI is InChI=1S/C22H25ClN4O3S/c23-19-10-9-18(31-19)22(30)26-17-4-2-1-3-16(17)25-21(29)14-5-7-15(8-6-14)27-12-11-24-13-20(27)28/h5-10,16-17,24H,1-4,11-13H2,(H,25,29)(H,26,30). The van der Waals surface area contributed by atoms with Gasteiger partial charge in [-0.1, -0.05) is 24.4 Å². The number of amides is 3. The highest BCUT2D eigenvalue weighted by Crippen LogP contribution is 2.24. The molecule has 7 nitrogen and oxygen atoms in total. The minimum absolute atomic E-state index is 0.0243. The van der Waals surface area contributed by atoms with Gasteiger partial charge in [0.05, 0.1) is 15.8 Å². The van der Waals surface area contributed by atoms with Gasteiger partial charge in [0.15, 0.2) is 0 Å². The zero-order chi connectivity index (χ0) is 21.8. The number of benzene rings is 1. The van der Waals surface area contributed by atoms with Crippen molar-refractivity contribution in [2.75, 3.05) is 24.5 Å². The summed E-state index contributed by atoms with van der Waals surface area (Å²) in [5.74, 6) is -0.312. The number of hydrogen-bond acceptors (Lipinski definition) is 5. The minimum Gasteiger partial charge on any atom is -0.347 e. The van der Waals surface area contributed by atoms with Gasteiger partial charge in [0, 0.05) is 36.4 Å².